The first-order valence-corrected chi connectivity index (χ1v) is 14.3. The molecule has 1 saturated carbocycles. The molecule has 1 aliphatic carbocycles. The minimum Gasteiger partial charge on any atom is -0.493 e. The third-order valence-electron chi connectivity index (χ3n) is 8.67. The van der Waals surface area contributed by atoms with Crippen molar-refractivity contribution in [2.24, 2.45) is 10.5 Å². The summed E-state index contributed by atoms with van der Waals surface area (Å²) in [6, 6.07) is 14.1. The van der Waals surface area contributed by atoms with Crippen LogP contribution in [-0.4, -0.2) is 78.0 Å². The lowest BCUT2D eigenvalue weighted by atomic mass is 9.77. The molecule has 1 saturated heterocycles. The minimum absolute atomic E-state index is 0.0819. The number of hydrazone groups is 1. The second-order valence-electron chi connectivity index (χ2n) is 11.2. The number of piperidine rings is 1. The zero-order valence-electron chi connectivity index (χ0n) is 23.7. The Morgan fingerprint density at radius 3 is 2.37 bits per heavy atom. The molecule has 10 heteroatoms. The lowest BCUT2D eigenvalue weighted by Gasteiger charge is -2.43. The topological polar surface area (TPSA) is 121 Å². The van der Waals surface area contributed by atoms with Crippen LogP contribution in [0, 0.1) is 5.41 Å². The van der Waals surface area contributed by atoms with Gasteiger partial charge in [-0.05, 0) is 49.4 Å². The van der Waals surface area contributed by atoms with Crippen LogP contribution in [0.3, 0.4) is 0 Å². The van der Waals surface area contributed by atoms with Crippen molar-refractivity contribution in [1.29, 1.82) is 0 Å². The Labute approximate surface area is 240 Å². The molecule has 5 rings (SSSR count). The van der Waals surface area contributed by atoms with E-state index >= 15 is 0 Å². The molecular formula is C31H38N4O6. The molecule has 0 unspecified atom stereocenters. The van der Waals surface area contributed by atoms with Crippen molar-refractivity contribution in [2.75, 3.05) is 27.3 Å². The summed E-state index contributed by atoms with van der Waals surface area (Å²) in [6.07, 6.45) is 4.50. The van der Waals surface area contributed by atoms with Gasteiger partial charge >= 0.3 is 6.09 Å². The summed E-state index contributed by atoms with van der Waals surface area (Å²) in [5.74, 6) is 1.08. The number of ether oxygens (including phenoxy) is 2. The molecule has 2 aliphatic heterocycles. The smallest absolute Gasteiger partial charge is 0.405 e. The van der Waals surface area contributed by atoms with Gasteiger partial charge in [-0.1, -0.05) is 43.2 Å². The Balaban J connectivity index is 1.34. The molecule has 2 aromatic carbocycles. The molecule has 1 atom stereocenters. The number of hydrogen-bond acceptors (Lipinski definition) is 6. The van der Waals surface area contributed by atoms with Gasteiger partial charge in [0.15, 0.2) is 11.5 Å². The van der Waals surface area contributed by atoms with Crippen molar-refractivity contribution in [3.05, 3.63) is 59.7 Å². The highest BCUT2D eigenvalue weighted by atomic mass is 16.5. The summed E-state index contributed by atoms with van der Waals surface area (Å²) in [6.45, 7) is 0.849. The first-order chi connectivity index (χ1) is 19.8. The molecule has 3 aliphatic rings. The number of hydrogen-bond donors (Lipinski definition) is 2. The predicted octanol–water partition coefficient (Wildman–Crippen LogP) is 4.07. The molecule has 0 bridgehead atoms. The second kappa shape index (κ2) is 12.2. The molecule has 41 heavy (non-hydrogen) atoms. The Morgan fingerprint density at radius 2 is 1.73 bits per heavy atom. The van der Waals surface area contributed by atoms with Crippen LogP contribution in [0.25, 0.3) is 0 Å². The van der Waals surface area contributed by atoms with Gasteiger partial charge in [-0.2, -0.15) is 5.10 Å². The normalized spacial score (nSPS) is 19.6. The molecule has 218 valence electrons. The van der Waals surface area contributed by atoms with Gasteiger partial charge < -0.3 is 24.8 Å². The van der Waals surface area contributed by atoms with E-state index in [-0.39, 0.29) is 24.3 Å². The van der Waals surface area contributed by atoms with Gasteiger partial charge in [0.05, 0.1) is 31.4 Å². The fourth-order valence-electron chi connectivity index (χ4n) is 6.47. The third-order valence-corrected chi connectivity index (χ3v) is 8.67. The average molecular weight is 563 g/mol. The minimum atomic E-state index is -1.23. The summed E-state index contributed by atoms with van der Waals surface area (Å²) >= 11 is 0. The summed E-state index contributed by atoms with van der Waals surface area (Å²) in [5, 5.41) is 18.4. The number of likely N-dealkylation sites (tertiary alicyclic amines) is 1. The largest absolute Gasteiger partial charge is 0.493 e. The number of amides is 3. The van der Waals surface area contributed by atoms with Crippen LogP contribution < -0.4 is 14.8 Å². The maximum absolute atomic E-state index is 13.9. The maximum Gasteiger partial charge on any atom is 0.405 e. The SMILES string of the molecule is COc1ccc(C2=NN(C3CCN(C(=O)[C@@H](Cc4ccccc4)NC(=O)O)CC3)C(=O)C3(CCCC3)C2)cc1OC. The molecular weight excluding hydrogens is 524 g/mol. The van der Waals surface area contributed by atoms with E-state index in [1.54, 1.807) is 24.1 Å². The van der Waals surface area contributed by atoms with Crippen LogP contribution in [0.2, 0.25) is 0 Å². The van der Waals surface area contributed by atoms with E-state index in [1.807, 2.05) is 48.5 Å². The van der Waals surface area contributed by atoms with Gasteiger partial charge in [0, 0.05) is 31.5 Å². The summed E-state index contributed by atoms with van der Waals surface area (Å²) in [4.78, 5) is 40.5. The molecule has 10 nitrogen and oxygen atoms in total. The van der Waals surface area contributed by atoms with E-state index in [4.69, 9.17) is 14.6 Å². The number of rotatable bonds is 8. The highest BCUT2D eigenvalue weighted by Crippen LogP contribution is 2.47. The average Bonchev–Trinajstić information content (AvgIpc) is 3.47. The zero-order chi connectivity index (χ0) is 29.0. The molecule has 2 aromatic rings. The molecule has 2 fully saturated rings. The van der Waals surface area contributed by atoms with E-state index in [1.165, 1.54) is 0 Å². The van der Waals surface area contributed by atoms with Crippen LogP contribution in [0.4, 0.5) is 4.79 Å². The summed E-state index contributed by atoms with van der Waals surface area (Å²) < 4.78 is 10.9. The Hall–Kier alpha value is -4.08. The molecule has 1 spiro atoms. The quantitative estimate of drug-likeness (QED) is 0.501. The molecule has 0 aromatic heterocycles. The highest BCUT2D eigenvalue weighted by Gasteiger charge is 2.49. The van der Waals surface area contributed by atoms with Crippen molar-refractivity contribution in [2.45, 2.75) is 63.5 Å². The lowest BCUT2D eigenvalue weighted by Crippen LogP contribution is -2.56. The van der Waals surface area contributed by atoms with Gasteiger partial charge in [-0.25, -0.2) is 9.80 Å². The van der Waals surface area contributed by atoms with Crippen molar-refractivity contribution in [1.82, 2.24) is 15.2 Å². The first kappa shape index (κ1) is 28.4. The van der Waals surface area contributed by atoms with E-state index in [9.17, 15) is 19.5 Å². The predicted molar refractivity (Wildman–Crippen MR) is 153 cm³/mol. The van der Waals surface area contributed by atoms with E-state index in [0.717, 1.165) is 42.5 Å². The molecule has 2 heterocycles. The Morgan fingerprint density at radius 1 is 1.05 bits per heavy atom. The number of nitrogens with zero attached hydrogens (tertiary/aromatic N) is 3. The summed E-state index contributed by atoms with van der Waals surface area (Å²) in [7, 11) is 3.20. The van der Waals surface area contributed by atoms with Gasteiger partial charge in [0.1, 0.15) is 6.04 Å². The first-order valence-electron chi connectivity index (χ1n) is 14.3. The lowest BCUT2D eigenvalue weighted by molar-refractivity contribution is -0.147. The van der Waals surface area contributed by atoms with Gasteiger partial charge in [-0.3, -0.25) is 9.59 Å². The highest BCUT2D eigenvalue weighted by molar-refractivity contribution is 6.06. The van der Waals surface area contributed by atoms with E-state index in [2.05, 4.69) is 5.32 Å². The number of benzene rings is 2. The zero-order valence-corrected chi connectivity index (χ0v) is 23.7. The van der Waals surface area contributed by atoms with Crippen LogP contribution in [0.15, 0.2) is 53.6 Å². The van der Waals surface area contributed by atoms with Crippen LogP contribution in [0.5, 0.6) is 11.5 Å². The fraction of sp³-hybridized carbons (Fsp3) is 0.484. The summed E-state index contributed by atoms with van der Waals surface area (Å²) in [5.41, 5.74) is 2.19. The number of methoxy groups -OCH3 is 2. The van der Waals surface area contributed by atoms with Crippen molar-refractivity contribution in [3.63, 3.8) is 0 Å². The Bertz CT molecular complexity index is 1300. The maximum atomic E-state index is 13.9. The van der Waals surface area contributed by atoms with E-state index < -0.39 is 17.6 Å². The van der Waals surface area contributed by atoms with Gasteiger partial charge in [-0.15, -0.1) is 0 Å². The van der Waals surface area contributed by atoms with Crippen molar-refractivity contribution >= 4 is 23.6 Å². The standard InChI is InChI=1S/C31H38N4O6/c1-40-26-11-10-22(19-27(26)41-2)25-20-31(14-6-7-15-31)29(37)35(33-25)23-12-16-34(17-13-23)28(36)24(32-30(38)39)18-21-8-4-3-5-9-21/h3-5,8-11,19,23-24,32H,6-7,12-18,20H2,1-2H3,(H,38,39)/t24-/m1/s1. The molecule has 3 amide bonds. The Kier molecular flexibility index (Phi) is 8.46. The van der Waals surface area contributed by atoms with Crippen LogP contribution in [-0.2, 0) is 16.0 Å². The molecule has 2 N–H and O–H groups in total. The van der Waals surface area contributed by atoms with Crippen LogP contribution in [0.1, 0.15) is 56.1 Å². The van der Waals surface area contributed by atoms with Gasteiger partial charge in [0.25, 0.3) is 0 Å². The van der Waals surface area contributed by atoms with Crippen LogP contribution >= 0.6 is 0 Å². The van der Waals surface area contributed by atoms with E-state index in [0.29, 0.717) is 43.9 Å². The number of carbonyl (C=O) groups excluding carboxylic acids is 2. The number of carboxylic acid groups (broad SMARTS) is 1. The van der Waals surface area contributed by atoms with Crippen molar-refractivity contribution < 1.29 is 29.0 Å². The molecule has 0 radical (unpaired) electrons. The number of carbonyl (C=O) groups is 3. The second-order valence-corrected chi connectivity index (χ2v) is 11.2. The monoisotopic (exact) mass is 562 g/mol. The van der Waals surface area contributed by atoms with Crippen molar-refractivity contribution in [3.8, 4) is 11.5 Å². The fourth-order valence-corrected chi connectivity index (χ4v) is 6.47. The van der Waals surface area contributed by atoms with Gasteiger partial charge in [0.2, 0.25) is 11.8 Å². The number of nitrogens with one attached hydrogen (secondary N) is 1. The third kappa shape index (κ3) is 6.01.